The van der Waals surface area contributed by atoms with Gasteiger partial charge in [-0.1, -0.05) is 34.8 Å². The van der Waals surface area contributed by atoms with Crippen molar-refractivity contribution in [2.45, 2.75) is 19.0 Å². The van der Waals surface area contributed by atoms with E-state index in [1.165, 1.54) is 0 Å². The Hall–Kier alpha value is -1.78. The van der Waals surface area contributed by atoms with E-state index in [4.69, 9.17) is 39.5 Å². The van der Waals surface area contributed by atoms with Crippen LogP contribution in [0.3, 0.4) is 0 Å². The fourth-order valence-corrected chi connectivity index (χ4v) is 3.48. The van der Waals surface area contributed by atoms with E-state index in [2.05, 4.69) is 4.74 Å². The molecule has 0 aliphatic carbocycles. The number of ether oxygens (including phenoxy) is 2. The third-order valence-electron chi connectivity index (χ3n) is 3.86. The number of alkyl halides is 5. The first kappa shape index (κ1) is 24.5. The lowest BCUT2D eigenvalue weighted by Crippen LogP contribution is -2.35. The molecular weight excluding hydrogens is 487 g/mol. The van der Waals surface area contributed by atoms with Crippen LogP contribution in [-0.4, -0.2) is 29.9 Å². The quantitative estimate of drug-likeness (QED) is 0.342. The summed E-state index contributed by atoms with van der Waals surface area (Å²) < 4.78 is 91.0. The number of hydrogen-bond donors (Lipinski definition) is 0. The van der Waals surface area contributed by atoms with Crippen LogP contribution in [0.4, 0.5) is 26.3 Å². The summed E-state index contributed by atoms with van der Waals surface area (Å²) in [4.78, 5) is 11.4. The summed E-state index contributed by atoms with van der Waals surface area (Å²) in [5, 5.41) is -2.09. The predicted octanol–water partition coefficient (Wildman–Crippen LogP) is 6.39. The van der Waals surface area contributed by atoms with Crippen molar-refractivity contribution in [1.82, 2.24) is 4.57 Å². The minimum atomic E-state index is -5.98. The number of hydrogen-bond acceptors (Lipinski definition) is 3. The Morgan fingerprint density at radius 1 is 1.13 bits per heavy atom. The molecule has 0 atom stereocenters. The van der Waals surface area contributed by atoms with Crippen LogP contribution in [0.15, 0.2) is 12.1 Å². The normalized spacial score (nSPS) is 12.2. The maximum Gasteiger partial charge on any atom is 0.459 e. The van der Waals surface area contributed by atoms with Crippen LogP contribution < -0.4 is 4.74 Å². The Morgan fingerprint density at radius 2 is 1.73 bits per heavy atom. The number of nitrogens with zero attached hydrogens (tertiary/aromatic N) is 1. The zero-order valence-electron chi connectivity index (χ0n) is 15.1. The van der Waals surface area contributed by atoms with Gasteiger partial charge in [-0.15, -0.1) is 0 Å². The highest BCUT2D eigenvalue weighted by molar-refractivity contribution is 6.40. The minimum Gasteiger partial charge on any atom is -0.480 e. The summed E-state index contributed by atoms with van der Waals surface area (Å²) in [6, 6.07) is 1.58. The van der Waals surface area contributed by atoms with Gasteiger partial charge in [0.15, 0.2) is 6.61 Å². The lowest BCUT2D eigenvalue weighted by molar-refractivity contribution is -0.291. The SMILES string of the molecule is CCOC(=O)COc1cc(-c2c(Cl)c(C(F)(F)C(F)(F)F)n(C)c2Cl)c(F)cc1Cl. The van der Waals surface area contributed by atoms with Crippen molar-refractivity contribution in [1.29, 1.82) is 0 Å². The Balaban J connectivity index is 2.61. The van der Waals surface area contributed by atoms with Crippen molar-refractivity contribution < 1.29 is 40.6 Å². The topological polar surface area (TPSA) is 40.5 Å². The molecule has 0 bridgehead atoms. The molecule has 0 saturated heterocycles. The second-order valence-corrected chi connectivity index (χ2v) is 6.96. The van der Waals surface area contributed by atoms with Gasteiger partial charge < -0.3 is 14.0 Å². The number of esters is 1. The molecule has 1 heterocycles. The number of benzene rings is 1. The van der Waals surface area contributed by atoms with Crippen molar-refractivity contribution in [2.75, 3.05) is 13.2 Å². The van der Waals surface area contributed by atoms with Crippen molar-refractivity contribution in [3.8, 4) is 16.9 Å². The molecule has 13 heteroatoms. The largest absolute Gasteiger partial charge is 0.480 e. The maximum atomic E-state index is 14.5. The Bertz CT molecular complexity index is 975. The van der Waals surface area contributed by atoms with Crippen molar-refractivity contribution >= 4 is 40.8 Å². The highest BCUT2D eigenvalue weighted by Gasteiger charge is 2.61. The summed E-state index contributed by atoms with van der Waals surface area (Å²) in [6.07, 6.45) is -5.98. The van der Waals surface area contributed by atoms with Gasteiger partial charge in [0.05, 0.1) is 16.7 Å². The first-order valence-corrected chi connectivity index (χ1v) is 9.13. The minimum absolute atomic E-state index is 0.0655. The van der Waals surface area contributed by atoms with Crippen molar-refractivity contribution in [2.24, 2.45) is 7.05 Å². The Morgan fingerprint density at radius 3 is 2.27 bits per heavy atom. The van der Waals surface area contributed by atoms with Crippen molar-refractivity contribution in [3.05, 3.63) is 38.8 Å². The highest BCUT2D eigenvalue weighted by atomic mass is 35.5. The van der Waals surface area contributed by atoms with E-state index in [1.54, 1.807) is 6.92 Å². The molecule has 0 aliphatic rings. The smallest absolute Gasteiger partial charge is 0.459 e. The second kappa shape index (κ2) is 8.76. The third-order valence-corrected chi connectivity index (χ3v) is 4.96. The number of aromatic nitrogens is 1. The van der Waals surface area contributed by atoms with Crippen LogP contribution in [0.1, 0.15) is 12.6 Å². The standard InChI is InChI=1S/C17H12Cl3F6NO3/c1-3-29-11(28)6-30-10-4-7(9(21)5-8(10)18)12-13(19)14(27(2)15(12)20)16(22,23)17(24,25)26/h4-5H,3,6H2,1-2H3. The number of halogens is 9. The summed E-state index contributed by atoms with van der Waals surface area (Å²) in [6.45, 7) is 0.997. The van der Waals surface area contributed by atoms with Gasteiger partial charge in [-0.2, -0.15) is 22.0 Å². The molecule has 1 aromatic heterocycles. The van der Waals surface area contributed by atoms with Gasteiger partial charge in [-0.05, 0) is 19.1 Å². The van der Waals surface area contributed by atoms with Crippen LogP contribution >= 0.6 is 34.8 Å². The molecule has 0 spiro atoms. The molecule has 0 amide bonds. The van der Waals surface area contributed by atoms with E-state index < -0.39 is 57.5 Å². The van der Waals surface area contributed by atoms with E-state index >= 15 is 0 Å². The van der Waals surface area contributed by atoms with E-state index in [-0.39, 0.29) is 17.4 Å². The van der Waals surface area contributed by atoms with Gasteiger partial charge in [-0.25, -0.2) is 9.18 Å². The van der Waals surface area contributed by atoms with Crippen LogP contribution in [-0.2, 0) is 22.5 Å². The van der Waals surface area contributed by atoms with E-state index in [0.29, 0.717) is 10.6 Å². The van der Waals surface area contributed by atoms with Crippen molar-refractivity contribution in [3.63, 3.8) is 0 Å². The number of carbonyl (C=O) groups excluding carboxylic acids is 1. The lowest BCUT2D eigenvalue weighted by atomic mass is 10.1. The van der Waals surface area contributed by atoms with Crippen LogP contribution in [0, 0.1) is 5.82 Å². The molecule has 0 radical (unpaired) electrons. The Labute approximate surface area is 181 Å². The molecule has 0 aliphatic heterocycles. The van der Waals surface area contributed by atoms with E-state index in [9.17, 15) is 31.1 Å². The molecule has 30 heavy (non-hydrogen) atoms. The van der Waals surface area contributed by atoms with Gasteiger partial charge in [0, 0.05) is 18.2 Å². The van der Waals surface area contributed by atoms with Gasteiger partial charge in [-0.3, -0.25) is 0 Å². The average molecular weight is 499 g/mol. The monoisotopic (exact) mass is 497 g/mol. The fraction of sp³-hybridized carbons (Fsp3) is 0.353. The first-order valence-electron chi connectivity index (χ1n) is 8.00. The van der Waals surface area contributed by atoms with Crippen LogP contribution in [0.5, 0.6) is 5.75 Å². The summed E-state index contributed by atoms with van der Waals surface area (Å²) in [5.41, 5.74) is -2.86. The molecule has 166 valence electrons. The number of carbonyl (C=O) groups is 1. The number of rotatable bonds is 6. The zero-order chi connectivity index (χ0) is 23.0. The second-order valence-electron chi connectivity index (χ2n) is 5.82. The molecule has 2 aromatic rings. The molecule has 4 nitrogen and oxygen atoms in total. The first-order chi connectivity index (χ1) is 13.7. The van der Waals surface area contributed by atoms with Gasteiger partial charge in [0.1, 0.15) is 22.4 Å². The van der Waals surface area contributed by atoms with Crippen LogP contribution in [0.2, 0.25) is 15.2 Å². The molecular formula is C17H12Cl3F6NO3. The molecule has 0 fully saturated rings. The zero-order valence-corrected chi connectivity index (χ0v) is 17.4. The van der Waals surface area contributed by atoms with Gasteiger partial charge in [0.25, 0.3) is 0 Å². The molecule has 1 aromatic carbocycles. The van der Waals surface area contributed by atoms with E-state index in [0.717, 1.165) is 13.1 Å². The lowest BCUT2D eigenvalue weighted by Gasteiger charge is -2.20. The van der Waals surface area contributed by atoms with Gasteiger partial charge in [0.2, 0.25) is 0 Å². The summed E-state index contributed by atoms with van der Waals surface area (Å²) in [5.74, 6) is -7.55. The average Bonchev–Trinajstić information content (AvgIpc) is 2.83. The summed E-state index contributed by atoms with van der Waals surface area (Å²) >= 11 is 17.5. The molecule has 0 N–H and O–H groups in total. The molecule has 2 rings (SSSR count). The fourth-order valence-electron chi connectivity index (χ4n) is 2.50. The third kappa shape index (κ3) is 4.45. The van der Waals surface area contributed by atoms with E-state index in [1.807, 2.05) is 0 Å². The summed E-state index contributed by atoms with van der Waals surface area (Å²) in [7, 11) is 0.818. The molecule has 0 unspecified atom stereocenters. The van der Waals surface area contributed by atoms with Gasteiger partial charge >= 0.3 is 18.1 Å². The predicted molar refractivity (Wildman–Crippen MR) is 97.9 cm³/mol. The maximum absolute atomic E-state index is 14.5. The highest BCUT2D eigenvalue weighted by Crippen LogP contribution is 2.52. The Kier molecular flexibility index (Phi) is 7.15. The van der Waals surface area contributed by atoms with Crippen LogP contribution in [0.25, 0.3) is 11.1 Å². The molecule has 0 saturated carbocycles.